The molecule has 0 saturated heterocycles. The summed E-state index contributed by atoms with van der Waals surface area (Å²) in [5, 5.41) is 16.2. The predicted molar refractivity (Wildman–Crippen MR) is 72.1 cm³/mol. The minimum absolute atomic E-state index is 0.340. The van der Waals surface area contributed by atoms with Crippen molar-refractivity contribution in [2.75, 3.05) is 0 Å². The van der Waals surface area contributed by atoms with Crippen LogP contribution < -0.4 is 0 Å². The third-order valence-electron chi connectivity index (χ3n) is 2.65. The SMILES string of the molecule is O=C(O)c1ccc2scc(-c3ccsc3)c2c1. The Hall–Kier alpha value is -1.65. The summed E-state index contributed by atoms with van der Waals surface area (Å²) in [5.74, 6) is -0.880. The molecule has 0 aliphatic heterocycles. The molecule has 0 aliphatic rings. The number of aromatic carboxylic acids is 1. The quantitative estimate of drug-likeness (QED) is 0.744. The molecule has 17 heavy (non-hydrogen) atoms. The van der Waals surface area contributed by atoms with Crippen LogP contribution in [-0.2, 0) is 0 Å². The van der Waals surface area contributed by atoms with Gasteiger partial charge < -0.3 is 5.11 Å². The van der Waals surface area contributed by atoms with Gasteiger partial charge in [0.05, 0.1) is 5.56 Å². The van der Waals surface area contributed by atoms with Gasteiger partial charge in [0, 0.05) is 15.6 Å². The number of hydrogen-bond donors (Lipinski definition) is 1. The molecule has 0 fully saturated rings. The first-order chi connectivity index (χ1) is 8.25. The number of thiophene rings is 2. The zero-order valence-corrected chi connectivity index (χ0v) is 10.3. The highest BCUT2D eigenvalue weighted by atomic mass is 32.1. The lowest BCUT2D eigenvalue weighted by molar-refractivity contribution is 0.0697. The van der Waals surface area contributed by atoms with Gasteiger partial charge >= 0.3 is 5.97 Å². The molecule has 0 bridgehead atoms. The molecule has 0 atom stereocenters. The van der Waals surface area contributed by atoms with E-state index in [-0.39, 0.29) is 0 Å². The lowest BCUT2D eigenvalue weighted by atomic mass is 10.1. The Morgan fingerprint density at radius 1 is 1.18 bits per heavy atom. The van der Waals surface area contributed by atoms with Crippen LogP contribution in [0, 0.1) is 0 Å². The molecule has 2 aromatic heterocycles. The first-order valence-electron chi connectivity index (χ1n) is 5.03. The van der Waals surface area contributed by atoms with E-state index in [4.69, 9.17) is 5.11 Å². The highest BCUT2D eigenvalue weighted by molar-refractivity contribution is 7.17. The van der Waals surface area contributed by atoms with Crippen molar-refractivity contribution in [1.29, 1.82) is 0 Å². The maximum Gasteiger partial charge on any atom is 0.335 e. The number of benzene rings is 1. The fourth-order valence-electron chi connectivity index (χ4n) is 1.80. The second kappa shape index (κ2) is 3.98. The Morgan fingerprint density at radius 3 is 2.76 bits per heavy atom. The van der Waals surface area contributed by atoms with Crippen molar-refractivity contribution in [2.24, 2.45) is 0 Å². The molecule has 2 heterocycles. The average molecular weight is 260 g/mol. The standard InChI is InChI=1S/C13H8O2S2/c14-13(15)8-1-2-12-10(5-8)11(7-17-12)9-3-4-16-6-9/h1-7H,(H,14,15). The van der Waals surface area contributed by atoms with Crippen molar-refractivity contribution >= 4 is 38.7 Å². The van der Waals surface area contributed by atoms with Crippen molar-refractivity contribution in [3.05, 3.63) is 46.0 Å². The summed E-state index contributed by atoms with van der Waals surface area (Å²) in [4.78, 5) is 11.0. The van der Waals surface area contributed by atoms with E-state index in [1.54, 1.807) is 34.8 Å². The van der Waals surface area contributed by atoms with Gasteiger partial charge in [-0.1, -0.05) is 0 Å². The van der Waals surface area contributed by atoms with Crippen LogP contribution in [0.5, 0.6) is 0 Å². The van der Waals surface area contributed by atoms with Gasteiger partial charge in [-0.2, -0.15) is 11.3 Å². The number of carboxylic acids is 1. The van der Waals surface area contributed by atoms with Crippen LogP contribution in [0.25, 0.3) is 21.2 Å². The van der Waals surface area contributed by atoms with Crippen molar-refractivity contribution < 1.29 is 9.90 Å². The summed E-state index contributed by atoms with van der Waals surface area (Å²) in [6.45, 7) is 0. The zero-order valence-electron chi connectivity index (χ0n) is 8.71. The molecule has 0 aliphatic carbocycles. The normalized spacial score (nSPS) is 10.8. The summed E-state index contributed by atoms with van der Waals surface area (Å²) in [6, 6.07) is 7.33. The van der Waals surface area contributed by atoms with Crippen LogP contribution >= 0.6 is 22.7 Å². The molecule has 2 nitrogen and oxygen atoms in total. The van der Waals surface area contributed by atoms with E-state index in [9.17, 15) is 4.79 Å². The van der Waals surface area contributed by atoms with Gasteiger partial charge in [-0.15, -0.1) is 11.3 Å². The highest BCUT2D eigenvalue weighted by Gasteiger charge is 2.10. The fourth-order valence-corrected chi connectivity index (χ4v) is 3.41. The fraction of sp³-hybridized carbons (Fsp3) is 0. The average Bonchev–Trinajstić information content (AvgIpc) is 2.96. The van der Waals surface area contributed by atoms with E-state index < -0.39 is 5.97 Å². The molecule has 1 aromatic carbocycles. The molecule has 3 aromatic rings. The monoisotopic (exact) mass is 260 g/mol. The lowest BCUT2D eigenvalue weighted by Crippen LogP contribution is -1.94. The molecule has 0 spiro atoms. The topological polar surface area (TPSA) is 37.3 Å². The lowest BCUT2D eigenvalue weighted by Gasteiger charge is -1.98. The van der Waals surface area contributed by atoms with E-state index in [1.165, 1.54) is 0 Å². The van der Waals surface area contributed by atoms with Crippen LogP contribution in [0.15, 0.2) is 40.4 Å². The van der Waals surface area contributed by atoms with Crippen LogP contribution in [0.3, 0.4) is 0 Å². The van der Waals surface area contributed by atoms with Crippen LogP contribution in [0.4, 0.5) is 0 Å². The first kappa shape index (κ1) is 10.5. The van der Waals surface area contributed by atoms with Gasteiger partial charge in [-0.25, -0.2) is 4.79 Å². The Morgan fingerprint density at radius 2 is 2.06 bits per heavy atom. The number of rotatable bonds is 2. The molecule has 1 N–H and O–H groups in total. The van der Waals surface area contributed by atoms with Gasteiger partial charge in [0.25, 0.3) is 0 Å². The van der Waals surface area contributed by atoms with E-state index in [1.807, 2.05) is 11.4 Å². The molecule has 0 unspecified atom stereocenters. The molecule has 4 heteroatoms. The van der Waals surface area contributed by atoms with Gasteiger partial charge in [-0.05, 0) is 46.0 Å². The Labute approximate surface area is 106 Å². The van der Waals surface area contributed by atoms with Crippen LogP contribution in [0.2, 0.25) is 0 Å². The molecule has 3 rings (SSSR count). The van der Waals surface area contributed by atoms with Gasteiger partial charge in [-0.3, -0.25) is 0 Å². The van der Waals surface area contributed by atoms with E-state index in [2.05, 4.69) is 16.8 Å². The molecule has 0 saturated carbocycles. The summed E-state index contributed by atoms with van der Waals surface area (Å²) >= 11 is 3.29. The first-order valence-corrected chi connectivity index (χ1v) is 6.85. The van der Waals surface area contributed by atoms with Gasteiger partial charge in [0.2, 0.25) is 0 Å². The van der Waals surface area contributed by atoms with E-state index in [0.29, 0.717) is 5.56 Å². The van der Waals surface area contributed by atoms with E-state index in [0.717, 1.165) is 21.2 Å². The molecule has 0 amide bonds. The van der Waals surface area contributed by atoms with Gasteiger partial charge in [0.1, 0.15) is 0 Å². The second-order valence-electron chi connectivity index (χ2n) is 3.68. The molecule has 0 radical (unpaired) electrons. The summed E-state index contributed by atoms with van der Waals surface area (Å²) in [6.07, 6.45) is 0. The minimum Gasteiger partial charge on any atom is -0.478 e. The molecule has 84 valence electrons. The summed E-state index contributed by atoms with van der Waals surface area (Å²) in [5.41, 5.74) is 2.62. The van der Waals surface area contributed by atoms with Crippen molar-refractivity contribution in [1.82, 2.24) is 0 Å². The maximum atomic E-state index is 11.0. The largest absolute Gasteiger partial charge is 0.478 e. The highest BCUT2D eigenvalue weighted by Crippen LogP contribution is 2.35. The van der Waals surface area contributed by atoms with Crippen LogP contribution in [0.1, 0.15) is 10.4 Å². The number of fused-ring (bicyclic) bond motifs is 1. The Balaban J connectivity index is 2.26. The van der Waals surface area contributed by atoms with Crippen molar-refractivity contribution in [3.8, 4) is 11.1 Å². The van der Waals surface area contributed by atoms with Gasteiger partial charge in [0.15, 0.2) is 0 Å². The smallest absolute Gasteiger partial charge is 0.335 e. The second-order valence-corrected chi connectivity index (χ2v) is 5.37. The molecular weight excluding hydrogens is 252 g/mol. The van der Waals surface area contributed by atoms with E-state index >= 15 is 0 Å². The van der Waals surface area contributed by atoms with Crippen LogP contribution in [-0.4, -0.2) is 11.1 Å². The Bertz CT molecular complexity index is 681. The zero-order chi connectivity index (χ0) is 11.8. The minimum atomic E-state index is -0.880. The molecular formula is C13H8O2S2. The maximum absolute atomic E-state index is 11.0. The third-order valence-corrected chi connectivity index (χ3v) is 4.30. The third kappa shape index (κ3) is 1.75. The van der Waals surface area contributed by atoms with Crippen molar-refractivity contribution in [3.63, 3.8) is 0 Å². The number of carbonyl (C=O) groups is 1. The Kier molecular flexibility index (Phi) is 2.46. The number of carboxylic acid groups (broad SMARTS) is 1. The predicted octanol–water partition coefficient (Wildman–Crippen LogP) is 4.33. The van der Waals surface area contributed by atoms with Crippen molar-refractivity contribution in [2.45, 2.75) is 0 Å². The summed E-state index contributed by atoms with van der Waals surface area (Å²) < 4.78 is 1.12. The summed E-state index contributed by atoms with van der Waals surface area (Å²) in [7, 11) is 0. The number of hydrogen-bond acceptors (Lipinski definition) is 3.